The Morgan fingerprint density at radius 3 is 2.50 bits per heavy atom. The van der Waals surface area contributed by atoms with Gasteiger partial charge in [0.15, 0.2) is 0 Å². The molecule has 0 aliphatic carbocycles. The van der Waals surface area contributed by atoms with Crippen molar-refractivity contribution in [3.63, 3.8) is 0 Å². The van der Waals surface area contributed by atoms with Gasteiger partial charge in [0.2, 0.25) is 6.41 Å². The largest absolute Gasteiger partial charge is 0.481 e. The van der Waals surface area contributed by atoms with Crippen LogP contribution in [-0.4, -0.2) is 53.5 Å². The lowest BCUT2D eigenvalue weighted by Gasteiger charge is -2.23. The molecule has 0 rings (SSSR count). The van der Waals surface area contributed by atoms with Crippen LogP contribution in [0, 0.1) is 0 Å². The third kappa shape index (κ3) is 6.55. The maximum absolute atomic E-state index is 11.8. The van der Waals surface area contributed by atoms with Crippen LogP contribution < -0.4 is 5.32 Å². The lowest BCUT2D eigenvalue weighted by molar-refractivity contribution is -0.151. The molecule has 0 aliphatic heterocycles. The van der Waals surface area contributed by atoms with Gasteiger partial charge in [0.25, 0.3) is 0 Å². The van der Waals surface area contributed by atoms with Crippen LogP contribution in [0.3, 0.4) is 0 Å². The van der Waals surface area contributed by atoms with E-state index in [1.165, 1.54) is 13.3 Å². The highest BCUT2D eigenvalue weighted by atomic mass is 31.2. The van der Waals surface area contributed by atoms with Crippen molar-refractivity contribution < 1.29 is 24.5 Å². The van der Waals surface area contributed by atoms with Crippen LogP contribution in [0.25, 0.3) is 0 Å². The van der Waals surface area contributed by atoms with Gasteiger partial charge in [-0.1, -0.05) is 0 Å². The fourth-order valence-electron chi connectivity index (χ4n) is 1.13. The van der Waals surface area contributed by atoms with E-state index in [4.69, 9.17) is 10.3 Å². The highest BCUT2D eigenvalue weighted by Crippen LogP contribution is 2.42. The summed E-state index contributed by atoms with van der Waals surface area (Å²) in [5.41, 5.74) is 0. The predicted octanol–water partition coefficient (Wildman–Crippen LogP) is 0.195. The van der Waals surface area contributed by atoms with Crippen molar-refractivity contribution in [2.75, 3.05) is 20.0 Å². The van der Waals surface area contributed by atoms with Gasteiger partial charge < -0.3 is 9.67 Å². The Bertz CT molecular complexity index is 290. The molecule has 0 saturated carbocycles. The smallest absolute Gasteiger partial charge is 0.303 e. The van der Waals surface area contributed by atoms with Crippen LogP contribution in [0.4, 0.5) is 0 Å². The van der Waals surface area contributed by atoms with Crippen molar-refractivity contribution in [3.8, 4) is 0 Å². The zero-order valence-electron chi connectivity index (χ0n) is 9.29. The minimum atomic E-state index is -2.53. The van der Waals surface area contributed by atoms with Crippen LogP contribution in [0.15, 0.2) is 0 Å². The van der Waals surface area contributed by atoms with Gasteiger partial charge in [0.1, 0.15) is 0 Å². The summed E-state index contributed by atoms with van der Waals surface area (Å²) in [6, 6.07) is 0. The number of nitrogens with zero attached hydrogens (tertiary/aromatic N) is 1. The molecule has 0 bridgehead atoms. The number of aliphatic carboxylic acids is 1. The summed E-state index contributed by atoms with van der Waals surface area (Å²) < 4.78 is 11.8. The monoisotopic (exact) mass is 252 g/mol. The van der Waals surface area contributed by atoms with Crippen LogP contribution in [0.5, 0.6) is 0 Å². The van der Waals surface area contributed by atoms with Crippen LogP contribution in [0.1, 0.15) is 12.8 Å². The van der Waals surface area contributed by atoms with E-state index in [1.807, 2.05) is 0 Å². The van der Waals surface area contributed by atoms with E-state index >= 15 is 0 Å². The molecule has 0 aliphatic rings. The number of carboxylic acids is 1. The van der Waals surface area contributed by atoms with Crippen molar-refractivity contribution in [1.82, 2.24) is 10.4 Å². The third-order valence-electron chi connectivity index (χ3n) is 1.99. The predicted molar refractivity (Wildman–Crippen MR) is 57.8 cm³/mol. The first-order valence-corrected chi connectivity index (χ1v) is 7.35. The summed E-state index contributed by atoms with van der Waals surface area (Å²) in [5, 5.41) is 20.4. The molecule has 7 nitrogen and oxygen atoms in total. The van der Waals surface area contributed by atoms with Crippen molar-refractivity contribution in [1.29, 1.82) is 0 Å². The number of amides is 1. The number of hydrogen-bond acceptors (Lipinski definition) is 5. The molecule has 0 heterocycles. The second-order valence-corrected chi connectivity index (χ2v) is 7.28. The first-order chi connectivity index (χ1) is 7.27. The Kier molecular flexibility index (Phi) is 6.25. The number of rotatable bonds is 8. The fraction of sp³-hybridized carbons (Fsp3) is 0.750. The summed E-state index contributed by atoms with van der Waals surface area (Å²) in [6.45, 7) is 2.86. The van der Waals surface area contributed by atoms with Crippen LogP contribution in [0.2, 0.25) is 0 Å². The normalized spacial score (nSPS) is 13.2. The Hall–Kier alpha value is -0.910. The SMILES string of the molecule is CP(C)(=O)C(CCC(=O)O)NCN(O)C=O. The molecule has 1 amide bonds. The number of hydrogen-bond donors (Lipinski definition) is 3. The summed E-state index contributed by atoms with van der Waals surface area (Å²) in [6.07, 6.45) is 0.277. The molecule has 94 valence electrons. The van der Waals surface area contributed by atoms with Crippen LogP contribution in [-0.2, 0) is 14.2 Å². The Labute approximate surface area is 93.8 Å². The Morgan fingerprint density at radius 1 is 1.56 bits per heavy atom. The topological polar surface area (TPSA) is 107 Å². The molecule has 16 heavy (non-hydrogen) atoms. The number of hydroxylamine groups is 2. The molecule has 0 spiro atoms. The lowest BCUT2D eigenvalue weighted by Crippen LogP contribution is -2.38. The molecule has 1 atom stereocenters. The van der Waals surface area contributed by atoms with Crippen molar-refractivity contribution >= 4 is 19.5 Å². The molecule has 3 N–H and O–H groups in total. The zero-order valence-corrected chi connectivity index (χ0v) is 10.2. The Balaban J connectivity index is 4.28. The van der Waals surface area contributed by atoms with E-state index < -0.39 is 18.9 Å². The van der Waals surface area contributed by atoms with Gasteiger partial charge in [-0.05, 0) is 19.8 Å². The van der Waals surface area contributed by atoms with E-state index in [-0.39, 0.29) is 25.9 Å². The molecule has 8 heteroatoms. The average Bonchev–Trinajstić information content (AvgIpc) is 2.14. The van der Waals surface area contributed by atoms with Gasteiger partial charge in [-0.2, -0.15) is 0 Å². The van der Waals surface area contributed by atoms with Crippen LogP contribution >= 0.6 is 7.14 Å². The van der Waals surface area contributed by atoms with Gasteiger partial charge in [0.05, 0.1) is 19.6 Å². The van der Waals surface area contributed by atoms with E-state index in [1.54, 1.807) is 0 Å². The van der Waals surface area contributed by atoms with Crippen molar-refractivity contribution in [3.05, 3.63) is 0 Å². The highest BCUT2D eigenvalue weighted by Gasteiger charge is 2.23. The first-order valence-electron chi connectivity index (χ1n) is 4.68. The first kappa shape index (κ1) is 15.1. The van der Waals surface area contributed by atoms with Gasteiger partial charge in [-0.15, -0.1) is 0 Å². The molecule has 1 unspecified atom stereocenters. The summed E-state index contributed by atoms with van der Waals surface area (Å²) in [5.74, 6) is -1.50. The van der Waals surface area contributed by atoms with E-state index in [2.05, 4.69) is 5.32 Å². The molecule has 0 radical (unpaired) electrons. The van der Waals surface area contributed by atoms with Gasteiger partial charge in [-0.25, -0.2) is 5.06 Å². The second kappa shape index (κ2) is 6.62. The standard InChI is InChI=1S/C8H17N2O5P/c1-16(2,15)7(3-4-8(12)13)9-5-10(14)6-11/h6-7,9,14H,3-5H2,1-2H3,(H,12,13). The van der Waals surface area contributed by atoms with E-state index in [0.717, 1.165) is 0 Å². The Morgan fingerprint density at radius 2 is 2.12 bits per heavy atom. The van der Waals surface area contributed by atoms with Crippen molar-refractivity contribution in [2.24, 2.45) is 0 Å². The number of carbonyl (C=O) groups excluding carboxylic acids is 1. The molecule has 0 aromatic carbocycles. The molecule has 0 aromatic rings. The van der Waals surface area contributed by atoms with Gasteiger partial charge in [-0.3, -0.25) is 20.1 Å². The minimum absolute atomic E-state index is 0.115. The molecule has 0 aromatic heterocycles. The van der Waals surface area contributed by atoms with Crippen molar-refractivity contribution in [2.45, 2.75) is 18.6 Å². The lowest BCUT2D eigenvalue weighted by atomic mass is 10.3. The number of nitrogens with one attached hydrogen (secondary N) is 1. The zero-order chi connectivity index (χ0) is 12.8. The maximum Gasteiger partial charge on any atom is 0.303 e. The van der Waals surface area contributed by atoms with E-state index in [0.29, 0.717) is 5.06 Å². The molecular weight excluding hydrogens is 235 g/mol. The minimum Gasteiger partial charge on any atom is -0.481 e. The molecule has 0 fully saturated rings. The molecule has 0 saturated heterocycles. The second-order valence-electron chi connectivity index (χ2n) is 3.79. The average molecular weight is 252 g/mol. The summed E-state index contributed by atoms with van der Waals surface area (Å²) in [7, 11) is -2.53. The number of carbonyl (C=O) groups is 2. The van der Waals surface area contributed by atoms with Gasteiger partial charge >= 0.3 is 5.97 Å². The maximum atomic E-state index is 11.8. The third-order valence-corrected chi connectivity index (χ3v) is 3.93. The highest BCUT2D eigenvalue weighted by molar-refractivity contribution is 7.63. The molecular formula is C8H17N2O5P. The summed E-state index contributed by atoms with van der Waals surface area (Å²) in [4.78, 5) is 20.5. The number of carboxylic acid groups (broad SMARTS) is 1. The quantitative estimate of drug-likeness (QED) is 0.187. The summed E-state index contributed by atoms with van der Waals surface area (Å²) >= 11 is 0. The van der Waals surface area contributed by atoms with E-state index in [9.17, 15) is 14.2 Å². The van der Waals surface area contributed by atoms with Gasteiger partial charge in [0, 0.05) is 6.42 Å². The fourth-order valence-corrected chi connectivity index (χ4v) is 2.40.